The number of hydroxylamine groups is 1. The van der Waals surface area contributed by atoms with Crippen LogP contribution in [-0.2, 0) is 37.0 Å². The SMILES string of the molecule is O=C(CCCCC(=O)NCc1cccc(-c2ccc([C@H]3O[C@@H](CN4CCOCC4)C[C@@H](c4ccc(CO)cc4)O3)cc2)c1)NO. The Labute approximate surface area is 264 Å². The number of amides is 2. The topological polar surface area (TPSA) is 130 Å². The molecular weight excluding hydrogens is 574 g/mol. The summed E-state index contributed by atoms with van der Waals surface area (Å²) in [6.45, 7) is 4.50. The van der Waals surface area contributed by atoms with Gasteiger partial charge in [0.15, 0.2) is 6.29 Å². The molecule has 3 atom stereocenters. The highest BCUT2D eigenvalue weighted by atomic mass is 16.7. The van der Waals surface area contributed by atoms with Gasteiger partial charge in [-0.25, -0.2) is 5.48 Å². The fourth-order valence-corrected chi connectivity index (χ4v) is 5.71. The number of morpholine rings is 1. The Morgan fingerprint density at radius 1 is 0.822 bits per heavy atom. The van der Waals surface area contributed by atoms with Crippen molar-refractivity contribution in [3.63, 3.8) is 0 Å². The third-order valence-corrected chi connectivity index (χ3v) is 8.30. The van der Waals surface area contributed by atoms with Crippen molar-refractivity contribution >= 4 is 11.8 Å². The molecule has 4 N–H and O–H groups in total. The van der Waals surface area contributed by atoms with Crippen LogP contribution in [0.4, 0.5) is 0 Å². The Bertz CT molecular complexity index is 1380. The van der Waals surface area contributed by atoms with Gasteiger partial charge in [0.2, 0.25) is 11.8 Å². The Balaban J connectivity index is 1.21. The number of carbonyl (C=O) groups excluding carboxylic acids is 2. The maximum absolute atomic E-state index is 12.2. The highest BCUT2D eigenvalue weighted by Gasteiger charge is 2.33. The molecule has 0 radical (unpaired) electrons. The summed E-state index contributed by atoms with van der Waals surface area (Å²) in [5.41, 5.74) is 7.57. The van der Waals surface area contributed by atoms with Gasteiger partial charge in [-0.2, -0.15) is 0 Å². The molecule has 45 heavy (non-hydrogen) atoms. The smallest absolute Gasteiger partial charge is 0.243 e. The summed E-state index contributed by atoms with van der Waals surface area (Å²) in [4.78, 5) is 25.7. The van der Waals surface area contributed by atoms with Crippen LogP contribution in [0.1, 0.15) is 66.8 Å². The Kier molecular flexibility index (Phi) is 12.1. The van der Waals surface area contributed by atoms with E-state index in [2.05, 4.69) is 40.5 Å². The number of nitrogens with zero attached hydrogens (tertiary/aromatic N) is 1. The summed E-state index contributed by atoms with van der Waals surface area (Å²) in [6, 6.07) is 24.3. The Morgan fingerprint density at radius 2 is 1.53 bits per heavy atom. The van der Waals surface area contributed by atoms with Crippen LogP contribution in [0.5, 0.6) is 0 Å². The van der Waals surface area contributed by atoms with Gasteiger partial charge in [0.25, 0.3) is 0 Å². The predicted octanol–water partition coefficient (Wildman–Crippen LogP) is 4.41. The number of aliphatic hydroxyl groups excluding tert-OH is 1. The van der Waals surface area contributed by atoms with Gasteiger partial charge in [0.1, 0.15) is 0 Å². The van der Waals surface area contributed by atoms with Gasteiger partial charge >= 0.3 is 0 Å². The van der Waals surface area contributed by atoms with Crippen LogP contribution in [0, 0.1) is 0 Å². The average Bonchev–Trinajstić information content (AvgIpc) is 3.09. The fraction of sp³-hybridized carbons (Fsp3) is 0.429. The van der Waals surface area contributed by atoms with Crippen LogP contribution < -0.4 is 10.8 Å². The minimum atomic E-state index is -0.513. The lowest BCUT2D eigenvalue weighted by molar-refractivity contribution is -0.253. The summed E-state index contributed by atoms with van der Waals surface area (Å²) < 4.78 is 18.6. The first-order valence-corrected chi connectivity index (χ1v) is 15.7. The van der Waals surface area contributed by atoms with Gasteiger partial charge in [0.05, 0.1) is 32.0 Å². The molecule has 240 valence electrons. The minimum Gasteiger partial charge on any atom is -0.392 e. The molecule has 0 bridgehead atoms. The standard InChI is InChI=1S/C35H43N3O7/c39-24-25-8-10-28(11-9-25)32-21-31(23-38-16-18-43-19-17-38)44-35(45-32)29-14-12-27(13-15-29)30-5-3-4-26(20-30)22-36-33(40)6-1-2-7-34(41)37-42/h3-5,8-15,20,31-32,35,39,42H,1-2,6-7,16-19,21-24H2,(H,36,40)(H,37,41)/t31-,32+,35+/m1/s1. The van der Waals surface area contributed by atoms with Crippen molar-refractivity contribution in [2.24, 2.45) is 0 Å². The Morgan fingerprint density at radius 3 is 2.24 bits per heavy atom. The van der Waals surface area contributed by atoms with E-state index in [1.807, 2.05) is 42.5 Å². The monoisotopic (exact) mass is 617 g/mol. The molecule has 3 aromatic carbocycles. The number of carbonyl (C=O) groups is 2. The predicted molar refractivity (Wildman–Crippen MR) is 168 cm³/mol. The largest absolute Gasteiger partial charge is 0.392 e. The first kappa shape index (κ1) is 32.7. The number of ether oxygens (including phenoxy) is 3. The van der Waals surface area contributed by atoms with Gasteiger partial charge < -0.3 is 24.6 Å². The van der Waals surface area contributed by atoms with E-state index in [0.29, 0.717) is 25.8 Å². The van der Waals surface area contributed by atoms with Crippen LogP contribution >= 0.6 is 0 Å². The third kappa shape index (κ3) is 9.67. The van der Waals surface area contributed by atoms with Crippen molar-refractivity contribution in [2.45, 2.75) is 63.8 Å². The number of unbranched alkanes of at least 4 members (excludes halogenated alkanes) is 1. The van der Waals surface area contributed by atoms with Crippen molar-refractivity contribution in [1.29, 1.82) is 0 Å². The molecule has 5 rings (SSSR count). The second kappa shape index (κ2) is 16.6. The lowest BCUT2D eigenvalue weighted by atomic mass is 9.99. The highest BCUT2D eigenvalue weighted by Crippen LogP contribution is 2.38. The molecule has 10 heteroatoms. The summed E-state index contributed by atoms with van der Waals surface area (Å²) in [7, 11) is 0. The third-order valence-electron chi connectivity index (χ3n) is 8.30. The van der Waals surface area contributed by atoms with Crippen LogP contribution in [-0.4, -0.2) is 66.0 Å². The van der Waals surface area contributed by atoms with E-state index in [1.165, 1.54) is 0 Å². The van der Waals surface area contributed by atoms with E-state index >= 15 is 0 Å². The zero-order valence-electron chi connectivity index (χ0n) is 25.5. The zero-order valence-corrected chi connectivity index (χ0v) is 25.5. The number of nitrogens with one attached hydrogen (secondary N) is 2. The van der Waals surface area contributed by atoms with Gasteiger partial charge in [-0.1, -0.05) is 66.7 Å². The van der Waals surface area contributed by atoms with Crippen LogP contribution in [0.15, 0.2) is 72.8 Å². The summed E-state index contributed by atoms with van der Waals surface area (Å²) in [6.07, 6.45) is 1.73. The van der Waals surface area contributed by atoms with Gasteiger partial charge in [-0.15, -0.1) is 0 Å². The first-order valence-electron chi connectivity index (χ1n) is 15.7. The maximum atomic E-state index is 12.2. The maximum Gasteiger partial charge on any atom is 0.243 e. The summed E-state index contributed by atoms with van der Waals surface area (Å²) >= 11 is 0. The molecule has 2 fully saturated rings. The van der Waals surface area contributed by atoms with E-state index in [4.69, 9.17) is 19.4 Å². The molecule has 2 heterocycles. The summed E-state index contributed by atoms with van der Waals surface area (Å²) in [5, 5.41) is 21.0. The molecule has 10 nitrogen and oxygen atoms in total. The van der Waals surface area contributed by atoms with Crippen molar-refractivity contribution in [1.82, 2.24) is 15.7 Å². The number of aliphatic hydroxyl groups is 1. The van der Waals surface area contributed by atoms with Crippen molar-refractivity contribution < 1.29 is 34.1 Å². The number of hydrogen-bond donors (Lipinski definition) is 4. The van der Waals surface area contributed by atoms with Crippen molar-refractivity contribution in [2.75, 3.05) is 32.8 Å². The van der Waals surface area contributed by atoms with E-state index in [0.717, 1.165) is 72.6 Å². The minimum absolute atomic E-state index is 0.00372. The molecule has 3 aromatic rings. The molecule has 0 unspecified atom stereocenters. The molecular formula is C35H43N3O7. The highest BCUT2D eigenvalue weighted by molar-refractivity contribution is 5.76. The number of benzene rings is 3. The van der Waals surface area contributed by atoms with Crippen LogP contribution in [0.3, 0.4) is 0 Å². The normalized spacial score (nSPS) is 20.4. The summed E-state index contributed by atoms with van der Waals surface area (Å²) in [5.74, 6) is -0.516. The second-order valence-corrected chi connectivity index (χ2v) is 11.6. The lowest BCUT2D eigenvalue weighted by Gasteiger charge is -2.39. The quantitative estimate of drug-likeness (QED) is 0.126. The molecule has 2 aliphatic rings. The molecule has 2 saturated heterocycles. The van der Waals surface area contributed by atoms with Crippen molar-refractivity contribution in [3.8, 4) is 11.1 Å². The molecule has 0 aliphatic carbocycles. The van der Waals surface area contributed by atoms with Crippen LogP contribution in [0.2, 0.25) is 0 Å². The lowest BCUT2D eigenvalue weighted by Crippen LogP contribution is -2.44. The van der Waals surface area contributed by atoms with E-state index in [9.17, 15) is 14.7 Å². The van der Waals surface area contributed by atoms with E-state index in [-0.39, 0.29) is 31.1 Å². The fourth-order valence-electron chi connectivity index (χ4n) is 5.71. The van der Waals surface area contributed by atoms with Crippen LogP contribution in [0.25, 0.3) is 11.1 Å². The number of rotatable bonds is 13. The molecule has 2 amide bonds. The van der Waals surface area contributed by atoms with Gasteiger partial charge in [-0.05, 0) is 46.7 Å². The Hall–Kier alpha value is -3.64. The molecule has 0 saturated carbocycles. The van der Waals surface area contributed by atoms with E-state index in [1.54, 1.807) is 5.48 Å². The molecule has 2 aliphatic heterocycles. The molecule has 0 spiro atoms. The van der Waals surface area contributed by atoms with Crippen molar-refractivity contribution in [3.05, 3.63) is 95.1 Å². The zero-order chi connectivity index (χ0) is 31.4. The van der Waals surface area contributed by atoms with Gasteiger partial charge in [0, 0.05) is 51.0 Å². The van der Waals surface area contributed by atoms with E-state index < -0.39 is 12.2 Å². The number of hydrogen-bond acceptors (Lipinski definition) is 8. The molecule has 0 aromatic heterocycles. The first-order chi connectivity index (χ1) is 22.0. The second-order valence-electron chi connectivity index (χ2n) is 11.6. The van der Waals surface area contributed by atoms with Gasteiger partial charge in [-0.3, -0.25) is 19.7 Å². The average molecular weight is 618 g/mol.